The van der Waals surface area contributed by atoms with Crippen LogP contribution in [0.15, 0.2) is 17.5 Å². The highest BCUT2D eigenvalue weighted by molar-refractivity contribution is 7.09. The molecule has 2 rings (SSSR count). The summed E-state index contributed by atoms with van der Waals surface area (Å²) in [5, 5.41) is 2.15. The molecule has 1 saturated carbocycles. The second kappa shape index (κ2) is 5.51. The van der Waals surface area contributed by atoms with Crippen molar-refractivity contribution >= 4 is 11.3 Å². The van der Waals surface area contributed by atoms with Crippen molar-refractivity contribution in [2.75, 3.05) is 13.6 Å². The molecule has 0 saturated heterocycles. The van der Waals surface area contributed by atoms with E-state index in [-0.39, 0.29) is 5.54 Å². The highest BCUT2D eigenvalue weighted by Gasteiger charge is 2.33. The summed E-state index contributed by atoms with van der Waals surface area (Å²) < 4.78 is 0. The summed E-state index contributed by atoms with van der Waals surface area (Å²) in [6, 6.07) is 4.33. The molecule has 0 aliphatic heterocycles. The van der Waals surface area contributed by atoms with Gasteiger partial charge in [0.2, 0.25) is 0 Å². The highest BCUT2D eigenvalue weighted by Crippen LogP contribution is 2.35. The number of hydrogen-bond donors (Lipinski definition) is 1. The van der Waals surface area contributed by atoms with Crippen molar-refractivity contribution < 1.29 is 0 Å². The van der Waals surface area contributed by atoms with Gasteiger partial charge < -0.3 is 5.73 Å². The number of rotatable bonds is 6. The van der Waals surface area contributed by atoms with Crippen LogP contribution in [0, 0.1) is 5.92 Å². The quantitative estimate of drug-likeness (QED) is 0.843. The molecule has 96 valence electrons. The molecule has 0 aromatic carbocycles. The molecule has 0 bridgehead atoms. The van der Waals surface area contributed by atoms with Crippen molar-refractivity contribution in [3.8, 4) is 0 Å². The average molecular weight is 252 g/mol. The molecule has 1 fully saturated rings. The molecule has 1 aromatic heterocycles. The number of likely N-dealkylation sites (N-methyl/N-ethyl adjacent to an activating group) is 1. The van der Waals surface area contributed by atoms with Crippen molar-refractivity contribution in [1.29, 1.82) is 0 Å². The first-order valence-electron chi connectivity index (χ1n) is 6.58. The molecule has 17 heavy (non-hydrogen) atoms. The molecule has 0 amide bonds. The second-order valence-corrected chi connectivity index (χ2v) is 6.67. The highest BCUT2D eigenvalue weighted by atomic mass is 32.1. The Morgan fingerprint density at radius 3 is 2.76 bits per heavy atom. The van der Waals surface area contributed by atoms with Crippen LogP contribution in [0.2, 0.25) is 0 Å². The maximum atomic E-state index is 6.03. The summed E-state index contributed by atoms with van der Waals surface area (Å²) in [6.45, 7) is 4.10. The zero-order valence-electron chi connectivity index (χ0n) is 11.0. The number of nitrogens with two attached hydrogens (primary N) is 1. The van der Waals surface area contributed by atoms with Crippen LogP contribution in [0.3, 0.4) is 0 Å². The van der Waals surface area contributed by atoms with E-state index >= 15 is 0 Å². The molecule has 2 N–H and O–H groups in total. The van der Waals surface area contributed by atoms with Crippen LogP contribution in [0.5, 0.6) is 0 Å². The lowest BCUT2D eigenvalue weighted by molar-refractivity contribution is 0.0865. The molecule has 0 radical (unpaired) electrons. The van der Waals surface area contributed by atoms with E-state index in [1.54, 1.807) is 0 Å². The van der Waals surface area contributed by atoms with Crippen molar-refractivity contribution in [3.05, 3.63) is 22.4 Å². The van der Waals surface area contributed by atoms with Gasteiger partial charge in [0, 0.05) is 23.5 Å². The van der Waals surface area contributed by atoms with Gasteiger partial charge in [-0.3, -0.25) is 4.90 Å². The molecular weight excluding hydrogens is 228 g/mol. The fraction of sp³-hybridized carbons (Fsp3) is 0.714. The Labute approximate surface area is 109 Å². The Kier molecular flexibility index (Phi) is 4.23. The standard InChI is InChI=1S/C14H24N2S/c1-14(11-15,9-12-5-3-6-12)16(2)10-13-7-4-8-17-13/h4,7-8,12H,3,5-6,9-11,15H2,1-2H3. The van der Waals surface area contributed by atoms with Gasteiger partial charge in [-0.2, -0.15) is 0 Å². The first-order valence-corrected chi connectivity index (χ1v) is 7.46. The van der Waals surface area contributed by atoms with Crippen LogP contribution in [0.1, 0.15) is 37.5 Å². The van der Waals surface area contributed by atoms with E-state index in [0.717, 1.165) is 19.0 Å². The fourth-order valence-corrected chi connectivity index (χ4v) is 3.30. The monoisotopic (exact) mass is 252 g/mol. The molecule has 1 heterocycles. The number of nitrogens with zero attached hydrogens (tertiary/aromatic N) is 1. The van der Waals surface area contributed by atoms with Crippen molar-refractivity contribution in [1.82, 2.24) is 4.90 Å². The van der Waals surface area contributed by atoms with Crippen LogP contribution < -0.4 is 5.73 Å². The summed E-state index contributed by atoms with van der Waals surface area (Å²) >= 11 is 1.83. The first-order chi connectivity index (χ1) is 8.14. The van der Waals surface area contributed by atoms with Gasteiger partial charge in [-0.25, -0.2) is 0 Å². The third kappa shape index (κ3) is 3.09. The van der Waals surface area contributed by atoms with Crippen LogP contribution in [0.25, 0.3) is 0 Å². The lowest BCUT2D eigenvalue weighted by atomic mass is 9.76. The largest absolute Gasteiger partial charge is 0.329 e. The van der Waals surface area contributed by atoms with E-state index in [1.807, 2.05) is 11.3 Å². The normalized spacial score (nSPS) is 20.2. The zero-order valence-corrected chi connectivity index (χ0v) is 11.8. The van der Waals surface area contributed by atoms with E-state index in [4.69, 9.17) is 5.73 Å². The molecule has 2 nitrogen and oxygen atoms in total. The Hall–Kier alpha value is -0.380. The summed E-state index contributed by atoms with van der Waals surface area (Å²) in [5.74, 6) is 0.911. The van der Waals surface area contributed by atoms with Crippen LogP contribution in [-0.2, 0) is 6.54 Å². The van der Waals surface area contributed by atoms with Gasteiger partial charge in [-0.1, -0.05) is 25.3 Å². The molecule has 3 heteroatoms. The van der Waals surface area contributed by atoms with Gasteiger partial charge in [0.05, 0.1) is 0 Å². The Bertz CT molecular complexity index is 332. The van der Waals surface area contributed by atoms with E-state index in [0.29, 0.717) is 0 Å². The van der Waals surface area contributed by atoms with Gasteiger partial charge in [0.25, 0.3) is 0 Å². The summed E-state index contributed by atoms with van der Waals surface area (Å²) in [7, 11) is 2.21. The minimum Gasteiger partial charge on any atom is -0.329 e. The Morgan fingerprint density at radius 1 is 1.53 bits per heavy atom. The van der Waals surface area contributed by atoms with Gasteiger partial charge in [0.1, 0.15) is 0 Å². The fourth-order valence-electron chi connectivity index (χ4n) is 2.54. The van der Waals surface area contributed by atoms with Gasteiger partial charge in [0.15, 0.2) is 0 Å². The predicted octanol–water partition coefficient (Wildman–Crippen LogP) is 3.09. The summed E-state index contributed by atoms with van der Waals surface area (Å²) in [5.41, 5.74) is 6.19. The van der Waals surface area contributed by atoms with E-state index in [9.17, 15) is 0 Å². The SMILES string of the molecule is CN(Cc1cccs1)C(C)(CN)CC1CCC1. The second-order valence-electron chi connectivity index (χ2n) is 5.64. The van der Waals surface area contributed by atoms with Crippen molar-refractivity contribution in [2.24, 2.45) is 11.7 Å². The van der Waals surface area contributed by atoms with Gasteiger partial charge >= 0.3 is 0 Å². The van der Waals surface area contributed by atoms with Crippen molar-refractivity contribution in [3.63, 3.8) is 0 Å². The molecule has 0 spiro atoms. The maximum Gasteiger partial charge on any atom is 0.0330 e. The molecule has 1 unspecified atom stereocenters. The maximum absolute atomic E-state index is 6.03. The smallest absolute Gasteiger partial charge is 0.0330 e. The first kappa shape index (κ1) is 13.1. The Morgan fingerprint density at radius 2 is 2.29 bits per heavy atom. The lowest BCUT2D eigenvalue weighted by Crippen LogP contribution is -2.50. The third-order valence-electron chi connectivity index (χ3n) is 4.29. The molecule has 1 aliphatic rings. The minimum atomic E-state index is 0.162. The summed E-state index contributed by atoms with van der Waals surface area (Å²) in [6.07, 6.45) is 5.48. The van der Waals surface area contributed by atoms with Crippen LogP contribution >= 0.6 is 11.3 Å². The zero-order chi connectivity index (χ0) is 12.3. The summed E-state index contributed by atoms with van der Waals surface area (Å²) in [4.78, 5) is 3.87. The van der Waals surface area contributed by atoms with Crippen LogP contribution in [-0.4, -0.2) is 24.0 Å². The van der Waals surface area contributed by atoms with Crippen LogP contribution in [0.4, 0.5) is 0 Å². The lowest BCUT2D eigenvalue weighted by Gasteiger charge is -2.42. The van der Waals surface area contributed by atoms with E-state index < -0.39 is 0 Å². The molecule has 1 aromatic rings. The minimum absolute atomic E-state index is 0.162. The predicted molar refractivity (Wildman–Crippen MR) is 75.2 cm³/mol. The molecular formula is C14H24N2S. The Balaban J connectivity index is 1.95. The third-order valence-corrected chi connectivity index (χ3v) is 5.15. The molecule has 1 atom stereocenters. The van der Waals surface area contributed by atoms with Gasteiger partial charge in [-0.05, 0) is 37.8 Å². The topological polar surface area (TPSA) is 29.3 Å². The van der Waals surface area contributed by atoms with Gasteiger partial charge in [-0.15, -0.1) is 11.3 Å². The number of hydrogen-bond acceptors (Lipinski definition) is 3. The van der Waals surface area contributed by atoms with E-state index in [2.05, 4.69) is 36.4 Å². The van der Waals surface area contributed by atoms with E-state index in [1.165, 1.54) is 30.6 Å². The van der Waals surface area contributed by atoms with Crippen molar-refractivity contribution in [2.45, 2.75) is 44.7 Å². The number of thiophene rings is 1. The molecule has 1 aliphatic carbocycles. The average Bonchev–Trinajstić information content (AvgIpc) is 2.76.